The third-order valence-electron chi connectivity index (χ3n) is 3.30. The van der Waals surface area contributed by atoms with Crippen LogP contribution in [0.4, 0.5) is 8.78 Å². The summed E-state index contributed by atoms with van der Waals surface area (Å²) < 4.78 is 27.2. The Morgan fingerprint density at radius 3 is 2.56 bits per heavy atom. The van der Waals surface area contributed by atoms with Gasteiger partial charge in [-0.2, -0.15) is 0 Å². The second-order valence-electron chi connectivity index (χ2n) is 4.62. The minimum atomic E-state index is -0.714. The van der Waals surface area contributed by atoms with E-state index in [0.717, 1.165) is 6.42 Å². The van der Waals surface area contributed by atoms with Gasteiger partial charge in [-0.05, 0) is 31.9 Å². The van der Waals surface area contributed by atoms with Crippen molar-refractivity contribution >= 4 is 0 Å². The van der Waals surface area contributed by atoms with Gasteiger partial charge in [-0.15, -0.1) is 0 Å². The number of nitrogens with one attached hydrogen (secondary N) is 1. The van der Waals surface area contributed by atoms with E-state index in [0.29, 0.717) is 17.0 Å². The summed E-state index contributed by atoms with van der Waals surface area (Å²) in [5, 5.41) is 3.07. The van der Waals surface area contributed by atoms with E-state index in [9.17, 15) is 8.78 Å². The van der Waals surface area contributed by atoms with Crippen molar-refractivity contribution in [1.29, 1.82) is 0 Å². The van der Waals surface area contributed by atoms with Crippen molar-refractivity contribution in [3.63, 3.8) is 0 Å². The van der Waals surface area contributed by atoms with E-state index < -0.39 is 11.6 Å². The maximum atomic E-state index is 13.8. The summed E-state index contributed by atoms with van der Waals surface area (Å²) in [5.74, 6) is -0.727. The molecule has 3 heteroatoms. The number of benzene rings is 1. The van der Waals surface area contributed by atoms with Crippen LogP contribution in [0.2, 0.25) is 0 Å². The molecule has 0 radical (unpaired) electrons. The zero-order valence-corrected chi connectivity index (χ0v) is 9.69. The fourth-order valence-electron chi connectivity index (χ4n) is 2.02. The van der Waals surface area contributed by atoms with Gasteiger partial charge in [0.05, 0.1) is 0 Å². The SMILES string of the molecule is CNC(CC1CC1)c1ccc(C)c(F)c1F. The van der Waals surface area contributed by atoms with E-state index in [-0.39, 0.29) is 6.04 Å². The molecule has 88 valence electrons. The van der Waals surface area contributed by atoms with Crippen LogP contribution < -0.4 is 5.32 Å². The molecule has 2 rings (SSSR count). The van der Waals surface area contributed by atoms with Crippen LogP contribution in [0.15, 0.2) is 12.1 Å². The Bertz CT molecular complexity index is 386. The molecule has 16 heavy (non-hydrogen) atoms. The molecule has 1 N–H and O–H groups in total. The number of hydrogen-bond donors (Lipinski definition) is 1. The molecule has 1 aromatic rings. The third kappa shape index (κ3) is 2.24. The van der Waals surface area contributed by atoms with Crippen LogP contribution in [-0.4, -0.2) is 7.05 Å². The Kier molecular flexibility index (Phi) is 3.24. The average Bonchev–Trinajstić information content (AvgIpc) is 3.07. The molecule has 0 heterocycles. The summed E-state index contributed by atoms with van der Waals surface area (Å²) in [6, 6.07) is 3.27. The Morgan fingerprint density at radius 1 is 1.31 bits per heavy atom. The first kappa shape index (κ1) is 11.5. The Hall–Kier alpha value is -0.960. The largest absolute Gasteiger partial charge is 0.313 e. The first-order chi connectivity index (χ1) is 7.63. The summed E-state index contributed by atoms with van der Waals surface area (Å²) in [6.45, 7) is 1.58. The van der Waals surface area contributed by atoms with Gasteiger partial charge in [0.25, 0.3) is 0 Å². The lowest BCUT2D eigenvalue weighted by Gasteiger charge is -2.17. The molecule has 0 aliphatic heterocycles. The quantitative estimate of drug-likeness (QED) is 0.828. The Labute approximate surface area is 94.9 Å². The van der Waals surface area contributed by atoms with Crippen molar-refractivity contribution < 1.29 is 8.78 Å². The van der Waals surface area contributed by atoms with Crippen molar-refractivity contribution in [2.24, 2.45) is 5.92 Å². The highest BCUT2D eigenvalue weighted by molar-refractivity contribution is 5.28. The summed E-state index contributed by atoms with van der Waals surface area (Å²) in [5.41, 5.74) is 0.819. The second-order valence-corrected chi connectivity index (χ2v) is 4.62. The molecule has 1 aromatic carbocycles. The highest BCUT2D eigenvalue weighted by Gasteiger charge is 2.27. The number of rotatable bonds is 4. The van der Waals surface area contributed by atoms with E-state index in [1.54, 1.807) is 26.1 Å². The average molecular weight is 225 g/mol. The van der Waals surface area contributed by atoms with Crippen molar-refractivity contribution in [3.8, 4) is 0 Å². The summed E-state index contributed by atoms with van der Waals surface area (Å²) in [4.78, 5) is 0. The molecule has 1 aliphatic carbocycles. The molecule has 1 saturated carbocycles. The molecule has 1 aliphatic rings. The molecule has 1 unspecified atom stereocenters. The lowest BCUT2D eigenvalue weighted by molar-refractivity contribution is 0.449. The first-order valence-electron chi connectivity index (χ1n) is 5.75. The molecule has 0 aromatic heterocycles. The fraction of sp³-hybridized carbons (Fsp3) is 0.538. The van der Waals surface area contributed by atoms with Crippen LogP contribution in [0.3, 0.4) is 0 Å². The van der Waals surface area contributed by atoms with Crippen molar-refractivity contribution in [3.05, 3.63) is 34.9 Å². The van der Waals surface area contributed by atoms with Crippen LogP contribution in [0, 0.1) is 24.5 Å². The van der Waals surface area contributed by atoms with Crippen molar-refractivity contribution in [2.75, 3.05) is 7.05 Å². The van der Waals surface area contributed by atoms with Gasteiger partial charge < -0.3 is 5.32 Å². The van der Waals surface area contributed by atoms with Gasteiger partial charge in [-0.25, -0.2) is 8.78 Å². The fourth-order valence-corrected chi connectivity index (χ4v) is 2.02. The van der Waals surface area contributed by atoms with E-state index in [2.05, 4.69) is 5.32 Å². The van der Waals surface area contributed by atoms with E-state index >= 15 is 0 Å². The minimum Gasteiger partial charge on any atom is -0.313 e. The van der Waals surface area contributed by atoms with Gasteiger partial charge in [0.1, 0.15) is 0 Å². The topological polar surface area (TPSA) is 12.0 Å². The zero-order valence-electron chi connectivity index (χ0n) is 9.69. The predicted molar refractivity (Wildman–Crippen MR) is 60.2 cm³/mol. The molecule has 1 nitrogen and oxygen atoms in total. The van der Waals surface area contributed by atoms with Crippen molar-refractivity contribution in [1.82, 2.24) is 5.32 Å². The minimum absolute atomic E-state index is 0.0670. The van der Waals surface area contributed by atoms with Gasteiger partial charge in [0.2, 0.25) is 0 Å². The maximum absolute atomic E-state index is 13.8. The van der Waals surface area contributed by atoms with Gasteiger partial charge in [-0.3, -0.25) is 0 Å². The lowest BCUT2D eigenvalue weighted by atomic mass is 9.99. The number of halogens is 2. The van der Waals surface area contributed by atoms with Gasteiger partial charge in [-0.1, -0.05) is 25.0 Å². The van der Waals surface area contributed by atoms with Crippen LogP contribution in [-0.2, 0) is 0 Å². The molecule has 1 fully saturated rings. The highest BCUT2D eigenvalue weighted by Crippen LogP contribution is 2.38. The summed E-state index contributed by atoms with van der Waals surface area (Å²) >= 11 is 0. The van der Waals surface area contributed by atoms with Crippen molar-refractivity contribution in [2.45, 2.75) is 32.2 Å². The molecule has 0 saturated heterocycles. The smallest absolute Gasteiger partial charge is 0.163 e. The summed E-state index contributed by atoms with van der Waals surface area (Å²) in [6.07, 6.45) is 3.33. The normalized spacial score (nSPS) is 17.5. The van der Waals surface area contributed by atoms with E-state index in [4.69, 9.17) is 0 Å². The Balaban J connectivity index is 2.26. The van der Waals surface area contributed by atoms with Crippen LogP contribution >= 0.6 is 0 Å². The van der Waals surface area contributed by atoms with Crippen LogP contribution in [0.25, 0.3) is 0 Å². The van der Waals surface area contributed by atoms with Crippen LogP contribution in [0.1, 0.15) is 36.4 Å². The van der Waals surface area contributed by atoms with Crippen LogP contribution in [0.5, 0.6) is 0 Å². The lowest BCUT2D eigenvalue weighted by Crippen LogP contribution is -2.19. The Morgan fingerprint density at radius 2 is 2.00 bits per heavy atom. The molecule has 0 amide bonds. The van der Waals surface area contributed by atoms with E-state index in [1.165, 1.54) is 12.8 Å². The molecular formula is C13H17F2N. The van der Waals surface area contributed by atoms with Gasteiger partial charge in [0.15, 0.2) is 11.6 Å². The standard InChI is InChI=1S/C13H17F2N/c1-8-3-6-10(13(15)12(8)14)11(16-2)7-9-4-5-9/h3,6,9,11,16H,4-5,7H2,1-2H3. The van der Waals surface area contributed by atoms with E-state index in [1.807, 2.05) is 0 Å². The first-order valence-corrected chi connectivity index (χ1v) is 5.75. The zero-order chi connectivity index (χ0) is 11.7. The number of hydrogen-bond acceptors (Lipinski definition) is 1. The molecular weight excluding hydrogens is 208 g/mol. The third-order valence-corrected chi connectivity index (χ3v) is 3.30. The molecule has 1 atom stereocenters. The number of aryl methyl sites for hydroxylation is 1. The monoisotopic (exact) mass is 225 g/mol. The van der Waals surface area contributed by atoms with Gasteiger partial charge >= 0.3 is 0 Å². The summed E-state index contributed by atoms with van der Waals surface area (Å²) in [7, 11) is 1.80. The predicted octanol–water partition coefficient (Wildman–Crippen LogP) is 3.33. The second kappa shape index (κ2) is 4.50. The molecule has 0 spiro atoms. The highest BCUT2D eigenvalue weighted by atomic mass is 19.2. The van der Waals surface area contributed by atoms with Gasteiger partial charge in [0, 0.05) is 11.6 Å². The molecule has 0 bridgehead atoms. The maximum Gasteiger partial charge on any atom is 0.163 e.